The van der Waals surface area contributed by atoms with Crippen molar-refractivity contribution in [3.05, 3.63) is 0 Å². The second kappa shape index (κ2) is 11.1. The van der Waals surface area contributed by atoms with Crippen LogP contribution in [0.1, 0.15) is 65.2 Å². The molecule has 2 N–H and O–H groups in total. The van der Waals surface area contributed by atoms with Crippen molar-refractivity contribution in [2.45, 2.75) is 65.2 Å². The Hall–Kier alpha value is -1.06. The molecule has 0 saturated heterocycles. The number of carboxylic acid groups (broad SMARTS) is 1. The molecule has 1 unspecified atom stereocenters. The highest BCUT2D eigenvalue weighted by atomic mass is 16.4. The summed E-state index contributed by atoms with van der Waals surface area (Å²) in [5.41, 5.74) is 0. The van der Waals surface area contributed by atoms with Gasteiger partial charge < -0.3 is 10.4 Å². The van der Waals surface area contributed by atoms with Crippen LogP contribution in [0.25, 0.3) is 0 Å². The van der Waals surface area contributed by atoms with E-state index in [-0.39, 0.29) is 18.2 Å². The van der Waals surface area contributed by atoms with Crippen LogP contribution in [0.15, 0.2) is 0 Å². The molecule has 4 heteroatoms. The first kappa shape index (κ1) is 16.9. The summed E-state index contributed by atoms with van der Waals surface area (Å²) in [6.07, 6.45) is 7.13. The Labute approximate surface area is 110 Å². The zero-order valence-electron chi connectivity index (χ0n) is 11.7. The van der Waals surface area contributed by atoms with Crippen LogP contribution in [-0.2, 0) is 9.59 Å². The lowest BCUT2D eigenvalue weighted by Crippen LogP contribution is -2.28. The average molecular weight is 257 g/mol. The van der Waals surface area contributed by atoms with Crippen LogP contribution in [0.2, 0.25) is 0 Å². The second-order valence-electron chi connectivity index (χ2n) is 5.01. The van der Waals surface area contributed by atoms with Crippen molar-refractivity contribution in [2.75, 3.05) is 6.54 Å². The van der Waals surface area contributed by atoms with Gasteiger partial charge in [-0.15, -0.1) is 0 Å². The number of rotatable bonds is 11. The molecule has 0 aromatic carbocycles. The third kappa shape index (κ3) is 11.4. The largest absolute Gasteiger partial charge is 0.481 e. The third-order valence-corrected chi connectivity index (χ3v) is 3.01. The van der Waals surface area contributed by atoms with Crippen LogP contribution in [0.5, 0.6) is 0 Å². The van der Waals surface area contributed by atoms with Gasteiger partial charge in [0.05, 0.1) is 0 Å². The summed E-state index contributed by atoms with van der Waals surface area (Å²) in [5, 5.41) is 11.4. The van der Waals surface area contributed by atoms with Gasteiger partial charge in [-0.3, -0.25) is 9.59 Å². The Morgan fingerprint density at radius 3 is 2.39 bits per heavy atom. The lowest BCUT2D eigenvalue weighted by atomic mass is 10.1. The molecule has 0 aromatic rings. The van der Waals surface area contributed by atoms with E-state index < -0.39 is 5.97 Å². The summed E-state index contributed by atoms with van der Waals surface area (Å²) in [5.74, 6) is -0.456. The molecule has 0 aliphatic rings. The van der Waals surface area contributed by atoms with Gasteiger partial charge in [0.15, 0.2) is 0 Å². The minimum absolute atomic E-state index is 0.0914. The second-order valence-corrected chi connectivity index (χ2v) is 5.01. The smallest absolute Gasteiger partial charge is 0.303 e. The maximum atomic E-state index is 11.5. The SMILES string of the molecule is CCCCCCCC(=O)NCC(C)CCC(=O)O. The van der Waals surface area contributed by atoms with E-state index in [1.165, 1.54) is 19.3 Å². The van der Waals surface area contributed by atoms with Gasteiger partial charge in [-0.2, -0.15) is 0 Å². The topological polar surface area (TPSA) is 66.4 Å². The molecule has 0 radical (unpaired) electrons. The van der Waals surface area contributed by atoms with Crippen molar-refractivity contribution >= 4 is 11.9 Å². The summed E-state index contributed by atoms with van der Waals surface area (Å²) in [4.78, 5) is 21.9. The highest BCUT2D eigenvalue weighted by molar-refractivity contribution is 5.75. The summed E-state index contributed by atoms with van der Waals surface area (Å²) in [7, 11) is 0. The first-order valence-electron chi connectivity index (χ1n) is 7.04. The minimum Gasteiger partial charge on any atom is -0.481 e. The molecular formula is C14H27NO3. The number of amides is 1. The Kier molecular flexibility index (Phi) is 10.4. The number of nitrogens with one attached hydrogen (secondary N) is 1. The van der Waals surface area contributed by atoms with E-state index in [0.29, 0.717) is 19.4 Å². The molecule has 1 atom stereocenters. The number of carbonyl (C=O) groups is 2. The normalized spacial score (nSPS) is 12.1. The molecule has 0 spiro atoms. The zero-order chi connectivity index (χ0) is 13.8. The van der Waals surface area contributed by atoms with Crippen LogP contribution < -0.4 is 5.32 Å². The summed E-state index contributed by atoms with van der Waals surface area (Å²) >= 11 is 0. The van der Waals surface area contributed by atoms with Crippen LogP contribution in [0.3, 0.4) is 0 Å². The number of carbonyl (C=O) groups excluding carboxylic acids is 1. The van der Waals surface area contributed by atoms with Crippen molar-refractivity contribution in [3.63, 3.8) is 0 Å². The Bertz CT molecular complexity index is 241. The maximum absolute atomic E-state index is 11.5. The van der Waals surface area contributed by atoms with Crippen LogP contribution in [0, 0.1) is 5.92 Å². The standard InChI is InChI=1S/C14H27NO3/c1-3-4-5-6-7-8-13(16)15-11-12(2)9-10-14(17)18/h12H,3-11H2,1-2H3,(H,15,16)(H,17,18). The lowest BCUT2D eigenvalue weighted by molar-refractivity contribution is -0.137. The molecule has 0 aromatic heterocycles. The quantitative estimate of drug-likeness (QED) is 0.559. The first-order valence-corrected chi connectivity index (χ1v) is 7.04. The maximum Gasteiger partial charge on any atom is 0.303 e. The molecule has 18 heavy (non-hydrogen) atoms. The molecule has 0 saturated carbocycles. The van der Waals surface area contributed by atoms with E-state index in [2.05, 4.69) is 12.2 Å². The van der Waals surface area contributed by atoms with E-state index in [1.54, 1.807) is 0 Å². The fourth-order valence-corrected chi connectivity index (χ4v) is 1.74. The van der Waals surface area contributed by atoms with E-state index in [1.807, 2.05) is 6.92 Å². The van der Waals surface area contributed by atoms with E-state index >= 15 is 0 Å². The predicted octanol–water partition coefficient (Wildman–Crippen LogP) is 2.96. The highest BCUT2D eigenvalue weighted by Crippen LogP contribution is 2.06. The summed E-state index contributed by atoms with van der Waals surface area (Å²) in [6, 6.07) is 0. The van der Waals surface area contributed by atoms with Crippen molar-refractivity contribution in [3.8, 4) is 0 Å². The average Bonchev–Trinajstić information content (AvgIpc) is 2.33. The fraction of sp³-hybridized carbons (Fsp3) is 0.857. The zero-order valence-corrected chi connectivity index (χ0v) is 11.7. The number of hydrogen-bond acceptors (Lipinski definition) is 2. The third-order valence-electron chi connectivity index (χ3n) is 3.01. The molecule has 1 amide bonds. The van der Waals surface area contributed by atoms with Gasteiger partial charge >= 0.3 is 5.97 Å². The first-order chi connectivity index (χ1) is 8.56. The molecule has 0 fully saturated rings. The van der Waals surface area contributed by atoms with E-state index in [9.17, 15) is 9.59 Å². The number of aliphatic carboxylic acids is 1. The highest BCUT2D eigenvalue weighted by Gasteiger charge is 2.07. The van der Waals surface area contributed by atoms with Gasteiger partial charge in [-0.05, 0) is 18.8 Å². The molecule has 106 valence electrons. The molecule has 0 heterocycles. The summed E-state index contributed by atoms with van der Waals surface area (Å²) < 4.78 is 0. The van der Waals surface area contributed by atoms with E-state index in [4.69, 9.17) is 5.11 Å². The van der Waals surface area contributed by atoms with Gasteiger partial charge in [0.1, 0.15) is 0 Å². The Balaban J connectivity index is 3.43. The molecule has 0 rings (SSSR count). The van der Waals surface area contributed by atoms with Crippen molar-refractivity contribution in [1.29, 1.82) is 0 Å². The fourth-order valence-electron chi connectivity index (χ4n) is 1.74. The van der Waals surface area contributed by atoms with E-state index in [0.717, 1.165) is 12.8 Å². The summed E-state index contributed by atoms with van der Waals surface area (Å²) in [6.45, 7) is 4.72. The van der Waals surface area contributed by atoms with Gasteiger partial charge in [0.2, 0.25) is 5.91 Å². The van der Waals surface area contributed by atoms with Gasteiger partial charge in [-0.1, -0.05) is 39.5 Å². The van der Waals surface area contributed by atoms with Crippen molar-refractivity contribution in [1.82, 2.24) is 5.32 Å². The molecule has 4 nitrogen and oxygen atoms in total. The molecular weight excluding hydrogens is 230 g/mol. The van der Waals surface area contributed by atoms with Crippen molar-refractivity contribution in [2.24, 2.45) is 5.92 Å². The minimum atomic E-state index is -0.774. The predicted molar refractivity (Wildman–Crippen MR) is 72.4 cm³/mol. The van der Waals surface area contributed by atoms with Crippen LogP contribution in [-0.4, -0.2) is 23.5 Å². The molecule has 0 bridgehead atoms. The van der Waals surface area contributed by atoms with Crippen molar-refractivity contribution < 1.29 is 14.7 Å². The molecule has 0 aliphatic carbocycles. The molecule has 0 aliphatic heterocycles. The van der Waals surface area contributed by atoms with Gasteiger partial charge in [0, 0.05) is 19.4 Å². The monoisotopic (exact) mass is 257 g/mol. The number of hydrogen-bond donors (Lipinski definition) is 2. The van der Waals surface area contributed by atoms with Crippen LogP contribution in [0.4, 0.5) is 0 Å². The van der Waals surface area contributed by atoms with Gasteiger partial charge in [-0.25, -0.2) is 0 Å². The Morgan fingerprint density at radius 2 is 1.78 bits per heavy atom. The number of carboxylic acids is 1. The lowest BCUT2D eigenvalue weighted by Gasteiger charge is -2.11. The van der Waals surface area contributed by atoms with Gasteiger partial charge in [0.25, 0.3) is 0 Å². The Morgan fingerprint density at radius 1 is 1.11 bits per heavy atom. The number of unbranched alkanes of at least 4 members (excludes halogenated alkanes) is 4. The van der Waals surface area contributed by atoms with Crippen LogP contribution >= 0.6 is 0 Å².